The van der Waals surface area contributed by atoms with E-state index in [0.717, 1.165) is 26.9 Å². The summed E-state index contributed by atoms with van der Waals surface area (Å²) in [7, 11) is 0. The number of fused-ring (bicyclic) bond motifs is 1. The molecule has 0 fully saturated rings. The highest BCUT2D eigenvalue weighted by molar-refractivity contribution is 7.19. The molecule has 0 amide bonds. The lowest BCUT2D eigenvalue weighted by Gasteiger charge is -2.16. The van der Waals surface area contributed by atoms with Crippen LogP contribution in [-0.4, -0.2) is 19.7 Å². The lowest BCUT2D eigenvalue weighted by molar-refractivity contribution is 0.270. The van der Waals surface area contributed by atoms with Crippen molar-refractivity contribution in [3.05, 3.63) is 40.7 Å². The average Bonchev–Trinajstić information content (AvgIpc) is 2.95. The van der Waals surface area contributed by atoms with Gasteiger partial charge in [-0.15, -0.1) is 0 Å². The van der Waals surface area contributed by atoms with Crippen molar-refractivity contribution in [1.29, 1.82) is 0 Å². The maximum Gasteiger partial charge on any atom is 0.213 e. The predicted molar refractivity (Wildman–Crippen MR) is 85.9 cm³/mol. The van der Waals surface area contributed by atoms with Gasteiger partial charge in [0, 0.05) is 16.0 Å². The highest BCUT2D eigenvalue weighted by Crippen LogP contribution is 2.32. The van der Waals surface area contributed by atoms with Crippen molar-refractivity contribution in [2.24, 2.45) is 0 Å². The molecule has 3 aromatic rings. The molecule has 3 rings (SSSR count). The summed E-state index contributed by atoms with van der Waals surface area (Å²) in [5.41, 5.74) is 2.53. The van der Waals surface area contributed by atoms with E-state index >= 15 is 0 Å². The largest absolute Gasteiger partial charge is 0.390 e. The van der Waals surface area contributed by atoms with E-state index < -0.39 is 0 Å². The Morgan fingerprint density at radius 2 is 1.90 bits per heavy atom. The third kappa shape index (κ3) is 2.57. The van der Waals surface area contributed by atoms with Crippen molar-refractivity contribution >= 4 is 27.9 Å². The van der Waals surface area contributed by atoms with Gasteiger partial charge in [-0.1, -0.05) is 55.8 Å². The number of aliphatic hydroxyl groups is 1. The molecular weight excluding hydrogens is 306 g/mol. The van der Waals surface area contributed by atoms with Crippen molar-refractivity contribution in [1.82, 2.24) is 14.6 Å². The molecule has 0 saturated heterocycles. The van der Waals surface area contributed by atoms with Crippen LogP contribution in [0.4, 0.5) is 0 Å². The summed E-state index contributed by atoms with van der Waals surface area (Å²) in [5, 5.41) is 15.8. The van der Waals surface area contributed by atoms with E-state index in [0.29, 0.717) is 5.02 Å². The predicted octanol–water partition coefficient (Wildman–Crippen LogP) is 3.90. The van der Waals surface area contributed by atoms with Gasteiger partial charge < -0.3 is 5.11 Å². The van der Waals surface area contributed by atoms with Gasteiger partial charge in [-0.25, -0.2) is 9.50 Å². The fourth-order valence-corrected chi connectivity index (χ4v) is 3.29. The van der Waals surface area contributed by atoms with E-state index in [9.17, 15) is 5.11 Å². The zero-order chi connectivity index (χ0) is 15.2. The van der Waals surface area contributed by atoms with Crippen molar-refractivity contribution in [3.8, 4) is 10.6 Å². The fraction of sp³-hybridized carbons (Fsp3) is 0.333. The topological polar surface area (TPSA) is 50.4 Å². The second-order valence-electron chi connectivity index (χ2n) is 5.92. The summed E-state index contributed by atoms with van der Waals surface area (Å²) in [6.45, 7) is 6.17. The van der Waals surface area contributed by atoms with E-state index in [4.69, 9.17) is 11.6 Å². The summed E-state index contributed by atoms with van der Waals surface area (Å²) in [4.78, 5) is 5.45. The van der Waals surface area contributed by atoms with E-state index in [1.54, 1.807) is 4.52 Å². The Balaban J connectivity index is 2.13. The van der Waals surface area contributed by atoms with Crippen LogP contribution in [-0.2, 0) is 12.0 Å². The van der Waals surface area contributed by atoms with Gasteiger partial charge in [-0.3, -0.25) is 0 Å². The maximum atomic E-state index is 9.67. The first-order chi connectivity index (χ1) is 9.90. The normalized spacial score (nSPS) is 12.2. The molecule has 0 spiro atoms. The molecule has 0 radical (unpaired) electrons. The molecule has 110 valence electrons. The summed E-state index contributed by atoms with van der Waals surface area (Å²) >= 11 is 7.42. The second kappa shape index (κ2) is 5.09. The van der Waals surface area contributed by atoms with Gasteiger partial charge in [0.1, 0.15) is 5.01 Å². The zero-order valence-corrected chi connectivity index (χ0v) is 13.7. The van der Waals surface area contributed by atoms with Crippen molar-refractivity contribution in [3.63, 3.8) is 0 Å². The summed E-state index contributed by atoms with van der Waals surface area (Å²) in [5.74, 6) is 0. The number of hydrogen-bond acceptors (Lipinski definition) is 4. The number of aromatic nitrogens is 3. The Kier molecular flexibility index (Phi) is 3.51. The number of hydrogen-bond donors (Lipinski definition) is 1. The molecule has 0 saturated carbocycles. The monoisotopic (exact) mass is 321 g/mol. The molecular formula is C15H16ClN3OS. The van der Waals surface area contributed by atoms with Crippen LogP contribution in [0.15, 0.2) is 24.3 Å². The molecule has 0 aliphatic carbocycles. The van der Waals surface area contributed by atoms with Gasteiger partial charge >= 0.3 is 0 Å². The highest BCUT2D eigenvalue weighted by Gasteiger charge is 2.25. The molecule has 0 aliphatic rings. The smallest absolute Gasteiger partial charge is 0.213 e. The first kappa shape index (κ1) is 14.5. The molecule has 0 aliphatic heterocycles. The van der Waals surface area contributed by atoms with E-state index in [-0.39, 0.29) is 12.0 Å². The number of rotatable bonds is 2. The SMILES string of the molecule is CC(C)(C)c1nc2sc(-c3ccc(Cl)cc3)nn2c1CO. The number of benzene rings is 1. The minimum atomic E-state index is -0.119. The third-order valence-corrected chi connectivity index (χ3v) is 4.46. The third-order valence-electron chi connectivity index (χ3n) is 3.25. The van der Waals surface area contributed by atoms with Gasteiger partial charge in [0.2, 0.25) is 4.96 Å². The molecule has 6 heteroatoms. The molecule has 2 aromatic heterocycles. The average molecular weight is 322 g/mol. The Hall–Kier alpha value is -1.43. The number of halogens is 1. The second-order valence-corrected chi connectivity index (χ2v) is 7.32. The lowest BCUT2D eigenvalue weighted by Crippen LogP contribution is -2.15. The highest BCUT2D eigenvalue weighted by atomic mass is 35.5. The maximum absolute atomic E-state index is 9.67. The van der Waals surface area contributed by atoms with Crippen LogP contribution in [0.25, 0.3) is 15.5 Å². The van der Waals surface area contributed by atoms with Crippen molar-refractivity contribution in [2.75, 3.05) is 0 Å². The van der Waals surface area contributed by atoms with Crippen LogP contribution < -0.4 is 0 Å². The first-order valence-electron chi connectivity index (χ1n) is 6.66. The van der Waals surface area contributed by atoms with Gasteiger partial charge in [0.25, 0.3) is 0 Å². The molecule has 4 nitrogen and oxygen atoms in total. The lowest BCUT2D eigenvalue weighted by atomic mass is 9.91. The van der Waals surface area contributed by atoms with Crippen LogP contribution in [0.3, 0.4) is 0 Å². The van der Waals surface area contributed by atoms with Crippen LogP contribution in [0, 0.1) is 0 Å². The Morgan fingerprint density at radius 1 is 1.24 bits per heavy atom. The Labute approximate surface area is 132 Å². The number of nitrogens with zero attached hydrogens (tertiary/aromatic N) is 3. The van der Waals surface area contributed by atoms with Crippen LogP contribution in [0.5, 0.6) is 0 Å². The number of imidazole rings is 1. The molecule has 21 heavy (non-hydrogen) atoms. The number of aliphatic hydroxyl groups excluding tert-OH is 1. The molecule has 0 atom stereocenters. The molecule has 2 heterocycles. The summed E-state index contributed by atoms with van der Waals surface area (Å²) in [6, 6.07) is 7.55. The molecule has 1 aromatic carbocycles. The molecule has 0 unspecified atom stereocenters. The van der Waals surface area contributed by atoms with Gasteiger partial charge in [0.05, 0.1) is 18.0 Å². The van der Waals surface area contributed by atoms with Crippen LogP contribution in [0.2, 0.25) is 5.02 Å². The van der Waals surface area contributed by atoms with Gasteiger partial charge in [0.15, 0.2) is 0 Å². The van der Waals surface area contributed by atoms with Crippen molar-refractivity contribution < 1.29 is 5.11 Å². The molecule has 1 N–H and O–H groups in total. The molecule has 0 bridgehead atoms. The van der Waals surface area contributed by atoms with E-state index in [1.165, 1.54) is 11.3 Å². The van der Waals surface area contributed by atoms with E-state index in [2.05, 4.69) is 30.9 Å². The van der Waals surface area contributed by atoms with E-state index in [1.807, 2.05) is 24.3 Å². The van der Waals surface area contributed by atoms with Gasteiger partial charge in [-0.2, -0.15) is 5.10 Å². The summed E-state index contributed by atoms with van der Waals surface area (Å²) < 4.78 is 1.75. The zero-order valence-electron chi connectivity index (χ0n) is 12.1. The first-order valence-corrected chi connectivity index (χ1v) is 7.85. The van der Waals surface area contributed by atoms with Gasteiger partial charge in [-0.05, 0) is 12.1 Å². The minimum absolute atomic E-state index is 0.0719. The fourth-order valence-electron chi connectivity index (χ4n) is 2.24. The standard InChI is InChI=1S/C15H16ClN3OS/c1-15(2,3)12-11(8-20)19-14(17-12)21-13(18-19)9-4-6-10(16)7-5-9/h4-7,20H,8H2,1-3H3. The quantitative estimate of drug-likeness (QED) is 0.778. The minimum Gasteiger partial charge on any atom is -0.390 e. The Morgan fingerprint density at radius 3 is 2.48 bits per heavy atom. The van der Waals surface area contributed by atoms with Crippen LogP contribution >= 0.6 is 22.9 Å². The van der Waals surface area contributed by atoms with Crippen LogP contribution in [0.1, 0.15) is 32.2 Å². The van der Waals surface area contributed by atoms with Crippen molar-refractivity contribution in [2.45, 2.75) is 32.8 Å². The summed E-state index contributed by atoms with van der Waals surface area (Å²) in [6.07, 6.45) is 0. The Bertz CT molecular complexity index is 784.